The van der Waals surface area contributed by atoms with Crippen LogP contribution in [0.2, 0.25) is 0 Å². The van der Waals surface area contributed by atoms with Gasteiger partial charge in [-0.1, -0.05) is 18.2 Å². The van der Waals surface area contributed by atoms with E-state index in [1.165, 1.54) is 23.5 Å². The lowest BCUT2D eigenvalue weighted by molar-refractivity contribution is -0.275. The highest BCUT2D eigenvalue weighted by atomic mass is 32.1. The average Bonchev–Trinajstić information content (AvgIpc) is 3.27. The van der Waals surface area contributed by atoms with Gasteiger partial charge in [0.1, 0.15) is 33.8 Å². The molecule has 3 nitrogen and oxygen atoms in total. The number of fused-ring (bicyclic) bond motifs is 1. The Kier molecular flexibility index (Phi) is 7.10. The first-order valence-electron chi connectivity index (χ1n) is 11.5. The van der Waals surface area contributed by atoms with Crippen molar-refractivity contribution in [3.8, 4) is 33.2 Å². The molecule has 0 unspecified atom stereocenters. The molecule has 0 amide bonds. The molecular formula is C28H14F9NO2S. The maximum atomic E-state index is 15.0. The summed E-state index contributed by atoms with van der Waals surface area (Å²) in [6, 6.07) is 11.3. The molecule has 4 aromatic carbocycles. The van der Waals surface area contributed by atoms with Gasteiger partial charge in [0.25, 0.3) is 0 Å². The van der Waals surface area contributed by atoms with Gasteiger partial charge in [0.15, 0.2) is 11.6 Å². The summed E-state index contributed by atoms with van der Waals surface area (Å²) in [5.74, 6) is -8.62. The molecule has 0 aliphatic heterocycles. The maximum Gasteiger partial charge on any atom is 0.573 e. The van der Waals surface area contributed by atoms with E-state index in [-0.39, 0.29) is 11.6 Å². The number of hydrogen-bond acceptors (Lipinski definition) is 4. The molecule has 0 bridgehead atoms. The zero-order valence-electron chi connectivity index (χ0n) is 20.4. The number of ether oxygens (including phenoxy) is 2. The minimum atomic E-state index is -5.25. The molecule has 41 heavy (non-hydrogen) atoms. The van der Waals surface area contributed by atoms with Gasteiger partial charge in [-0.2, -0.15) is 8.78 Å². The van der Waals surface area contributed by atoms with E-state index in [0.29, 0.717) is 40.4 Å². The Labute approximate surface area is 229 Å². The quantitative estimate of drug-likeness (QED) is 0.182. The standard InChI is InChI=1S/C28H14F9NO2S/c1-13-2-6-22-24(8-13)41-26(38-22)14-3-5-17(18(29)9-14)15-10-20(31)25(21(32)11-15)27(33,34)39-16-4-7-23(19(30)12-16)40-28(35,36)37/h2-12H,1H3. The molecule has 1 aromatic heterocycles. The van der Waals surface area contributed by atoms with Gasteiger partial charge < -0.3 is 9.47 Å². The van der Waals surface area contributed by atoms with Gasteiger partial charge in [-0.25, -0.2) is 22.5 Å². The summed E-state index contributed by atoms with van der Waals surface area (Å²) in [5.41, 5.74) is -0.458. The van der Waals surface area contributed by atoms with E-state index < -0.39 is 58.4 Å². The molecule has 13 heteroatoms. The fourth-order valence-electron chi connectivity index (χ4n) is 4.00. The Bertz CT molecular complexity index is 1760. The molecule has 0 fully saturated rings. The fraction of sp³-hybridized carbons (Fsp3) is 0.107. The topological polar surface area (TPSA) is 31.4 Å². The third-order valence-electron chi connectivity index (χ3n) is 5.78. The summed E-state index contributed by atoms with van der Waals surface area (Å²) < 4.78 is 133. The van der Waals surface area contributed by atoms with Crippen LogP contribution in [0, 0.1) is 30.2 Å². The highest BCUT2D eigenvalue weighted by molar-refractivity contribution is 7.21. The summed E-state index contributed by atoms with van der Waals surface area (Å²) in [5, 5.41) is 0.495. The summed E-state index contributed by atoms with van der Waals surface area (Å²) >= 11 is 1.31. The highest BCUT2D eigenvalue weighted by Gasteiger charge is 2.41. The smallest absolute Gasteiger partial charge is 0.429 e. The van der Waals surface area contributed by atoms with E-state index in [9.17, 15) is 35.1 Å². The summed E-state index contributed by atoms with van der Waals surface area (Å²) in [4.78, 5) is 4.45. The third-order valence-corrected chi connectivity index (χ3v) is 6.85. The number of rotatable bonds is 6. The summed E-state index contributed by atoms with van der Waals surface area (Å²) in [6.07, 6.45) is -9.99. The summed E-state index contributed by atoms with van der Waals surface area (Å²) in [6.45, 7) is 1.91. The largest absolute Gasteiger partial charge is 0.573 e. The van der Waals surface area contributed by atoms with Crippen LogP contribution in [0.1, 0.15) is 11.1 Å². The van der Waals surface area contributed by atoms with Crippen molar-refractivity contribution in [3.63, 3.8) is 0 Å². The SMILES string of the molecule is Cc1ccc2nc(-c3ccc(-c4cc(F)c(C(F)(F)Oc5ccc(OC(F)(F)F)c(F)c5)c(F)c4)c(F)c3)sc2c1. The second-order valence-electron chi connectivity index (χ2n) is 8.76. The zero-order chi connectivity index (χ0) is 29.7. The predicted molar refractivity (Wildman–Crippen MR) is 133 cm³/mol. The first-order chi connectivity index (χ1) is 19.2. The molecule has 1 heterocycles. The molecule has 0 aliphatic carbocycles. The van der Waals surface area contributed by atoms with E-state index in [4.69, 9.17) is 0 Å². The van der Waals surface area contributed by atoms with Gasteiger partial charge in [0, 0.05) is 17.2 Å². The van der Waals surface area contributed by atoms with Crippen molar-refractivity contribution in [1.82, 2.24) is 4.98 Å². The normalized spacial score (nSPS) is 12.1. The Balaban J connectivity index is 1.41. The van der Waals surface area contributed by atoms with Crippen LogP contribution < -0.4 is 9.47 Å². The molecule has 5 aromatic rings. The van der Waals surface area contributed by atoms with Gasteiger partial charge in [-0.3, -0.25) is 0 Å². The predicted octanol–water partition coefficient (Wildman–Crippen LogP) is 9.52. The molecule has 0 saturated heterocycles. The number of halogens is 9. The van der Waals surface area contributed by atoms with Crippen LogP contribution >= 0.6 is 11.3 Å². The monoisotopic (exact) mass is 599 g/mol. The van der Waals surface area contributed by atoms with E-state index in [1.54, 1.807) is 0 Å². The van der Waals surface area contributed by atoms with Gasteiger partial charge in [-0.05, 0) is 60.5 Å². The van der Waals surface area contributed by atoms with Gasteiger partial charge in [0.05, 0.1) is 10.2 Å². The van der Waals surface area contributed by atoms with Crippen molar-refractivity contribution in [1.29, 1.82) is 0 Å². The van der Waals surface area contributed by atoms with Crippen LogP contribution in [0.5, 0.6) is 11.5 Å². The van der Waals surface area contributed by atoms with Gasteiger partial charge >= 0.3 is 12.5 Å². The van der Waals surface area contributed by atoms with Crippen LogP contribution in [-0.2, 0) is 6.11 Å². The molecule has 0 aliphatic rings. The lowest BCUT2D eigenvalue weighted by atomic mass is 10.0. The Morgan fingerprint density at radius 3 is 2.00 bits per heavy atom. The van der Waals surface area contributed by atoms with Crippen molar-refractivity contribution >= 4 is 21.6 Å². The Morgan fingerprint density at radius 2 is 1.37 bits per heavy atom. The van der Waals surface area contributed by atoms with Crippen LogP contribution in [0.3, 0.4) is 0 Å². The Morgan fingerprint density at radius 1 is 0.683 bits per heavy atom. The third kappa shape index (κ3) is 5.94. The second-order valence-corrected chi connectivity index (χ2v) is 9.79. The molecule has 0 radical (unpaired) electrons. The molecular weight excluding hydrogens is 585 g/mol. The maximum absolute atomic E-state index is 15.0. The number of aromatic nitrogens is 1. The van der Waals surface area contributed by atoms with Gasteiger partial charge in [-0.15, -0.1) is 24.5 Å². The van der Waals surface area contributed by atoms with Crippen LogP contribution in [-0.4, -0.2) is 11.3 Å². The van der Waals surface area contributed by atoms with Crippen LogP contribution in [0.15, 0.2) is 66.7 Å². The molecule has 212 valence electrons. The van der Waals surface area contributed by atoms with E-state index in [2.05, 4.69) is 14.5 Å². The number of benzene rings is 4. The van der Waals surface area contributed by atoms with E-state index >= 15 is 4.39 Å². The zero-order valence-corrected chi connectivity index (χ0v) is 21.2. The lowest BCUT2D eigenvalue weighted by Crippen LogP contribution is -2.25. The number of alkyl halides is 5. The van der Waals surface area contributed by atoms with E-state index in [0.717, 1.165) is 16.3 Å². The van der Waals surface area contributed by atoms with Crippen molar-refractivity contribution in [2.75, 3.05) is 0 Å². The highest BCUT2D eigenvalue weighted by Crippen LogP contribution is 2.39. The first kappa shape index (κ1) is 28.3. The van der Waals surface area contributed by atoms with Crippen molar-refractivity contribution in [2.24, 2.45) is 0 Å². The second kappa shape index (κ2) is 10.3. The van der Waals surface area contributed by atoms with Gasteiger partial charge in [0.2, 0.25) is 0 Å². The first-order valence-corrected chi connectivity index (χ1v) is 12.3. The number of thiazole rings is 1. The van der Waals surface area contributed by atoms with Crippen molar-refractivity contribution < 1.29 is 49.0 Å². The summed E-state index contributed by atoms with van der Waals surface area (Å²) in [7, 11) is 0. The van der Waals surface area contributed by atoms with Crippen LogP contribution in [0.25, 0.3) is 31.9 Å². The van der Waals surface area contributed by atoms with E-state index in [1.807, 2.05) is 25.1 Å². The lowest BCUT2D eigenvalue weighted by Gasteiger charge is -2.20. The molecule has 0 N–H and O–H groups in total. The molecule has 0 spiro atoms. The minimum Gasteiger partial charge on any atom is -0.429 e. The number of aryl methyl sites for hydroxylation is 1. The van der Waals surface area contributed by atoms with Crippen molar-refractivity contribution in [3.05, 3.63) is 101 Å². The number of nitrogens with zero attached hydrogens (tertiary/aromatic N) is 1. The minimum absolute atomic E-state index is 0.128. The van der Waals surface area contributed by atoms with Crippen LogP contribution in [0.4, 0.5) is 39.5 Å². The molecule has 0 saturated carbocycles. The molecule has 0 atom stereocenters. The fourth-order valence-corrected chi connectivity index (χ4v) is 5.06. The van der Waals surface area contributed by atoms with Crippen molar-refractivity contribution in [2.45, 2.75) is 19.4 Å². The number of hydrogen-bond donors (Lipinski definition) is 0. The average molecular weight is 599 g/mol. The Hall–Kier alpha value is -4.26. The molecule has 5 rings (SSSR count).